The first-order chi connectivity index (χ1) is 8.58. The Hall–Kier alpha value is -0.920. The van der Waals surface area contributed by atoms with Crippen LogP contribution in [0.25, 0.3) is 0 Å². The summed E-state index contributed by atoms with van der Waals surface area (Å²) < 4.78 is 27.2. The molecule has 0 spiro atoms. The zero-order valence-electron chi connectivity index (χ0n) is 10.4. The molecule has 0 bridgehead atoms. The highest BCUT2D eigenvalue weighted by atomic mass is 32.2. The number of H-pyrrole nitrogens is 1. The molecule has 0 aliphatic heterocycles. The molecule has 0 unspecified atom stereocenters. The summed E-state index contributed by atoms with van der Waals surface area (Å²) in [6.07, 6.45) is 8.60. The van der Waals surface area contributed by atoms with Crippen molar-refractivity contribution < 1.29 is 8.42 Å². The second kappa shape index (κ2) is 5.38. The summed E-state index contributed by atoms with van der Waals surface area (Å²) in [5.41, 5.74) is 5.32. The van der Waals surface area contributed by atoms with Gasteiger partial charge in [-0.2, -0.15) is 0 Å². The molecule has 1 fully saturated rings. The highest BCUT2D eigenvalue weighted by Crippen LogP contribution is 2.27. The SMILES string of the molecule is NCC1(NS(=O)(=O)c2cnc[nH]2)CCCCCC1. The number of aromatic nitrogens is 2. The Balaban J connectivity index is 2.19. The van der Waals surface area contributed by atoms with E-state index in [0.717, 1.165) is 38.5 Å². The van der Waals surface area contributed by atoms with Crippen LogP contribution in [-0.2, 0) is 10.0 Å². The summed E-state index contributed by atoms with van der Waals surface area (Å²) in [6, 6.07) is 0. The van der Waals surface area contributed by atoms with Crippen LogP contribution in [0.15, 0.2) is 17.6 Å². The second-order valence-electron chi connectivity index (χ2n) is 4.92. The van der Waals surface area contributed by atoms with Crippen LogP contribution in [0.5, 0.6) is 0 Å². The predicted molar refractivity (Wildman–Crippen MR) is 68.4 cm³/mol. The van der Waals surface area contributed by atoms with E-state index in [1.807, 2.05) is 0 Å². The van der Waals surface area contributed by atoms with Crippen LogP contribution in [0.3, 0.4) is 0 Å². The van der Waals surface area contributed by atoms with E-state index in [1.54, 1.807) is 0 Å². The molecule has 0 saturated heterocycles. The van der Waals surface area contributed by atoms with Crippen molar-refractivity contribution in [2.75, 3.05) is 6.54 Å². The molecule has 1 heterocycles. The Labute approximate surface area is 107 Å². The fraction of sp³-hybridized carbons (Fsp3) is 0.727. The third kappa shape index (κ3) is 2.90. The quantitative estimate of drug-likeness (QED) is 0.704. The van der Waals surface area contributed by atoms with E-state index in [2.05, 4.69) is 14.7 Å². The molecule has 1 aromatic heterocycles. The third-order valence-electron chi connectivity index (χ3n) is 3.56. The summed E-state index contributed by atoms with van der Waals surface area (Å²) in [5, 5.41) is 0.0968. The molecule has 4 N–H and O–H groups in total. The number of sulfonamides is 1. The molecule has 1 saturated carbocycles. The van der Waals surface area contributed by atoms with E-state index in [4.69, 9.17) is 5.73 Å². The molecular formula is C11H20N4O2S. The molecule has 1 aliphatic rings. The van der Waals surface area contributed by atoms with Crippen molar-refractivity contribution in [3.8, 4) is 0 Å². The number of hydrogen-bond donors (Lipinski definition) is 3. The lowest BCUT2D eigenvalue weighted by Crippen LogP contribution is -2.53. The summed E-state index contributed by atoms with van der Waals surface area (Å²) in [7, 11) is -3.55. The Bertz CT molecular complexity index is 461. The van der Waals surface area contributed by atoms with E-state index in [-0.39, 0.29) is 5.03 Å². The molecule has 7 heteroatoms. The molecule has 2 rings (SSSR count). The van der Waals surface area contributed by atoms with Crippen molar-refractivity contribution in [1.82, 2.24) is 14.7 Å². The maximum atomic E-state index is 12.2. The summed E-state index contributed by atoms with van der Waals surface area (Å²) >= 11 is 0. The van der Waals surface area contributed by atoms with Crippen LogP contribution in [-0.4, -0.2) is 30.5 Å². The van der Waals surface area contributed by atoms with Gasteiger partial charge in [0, 0.05) is 12.1 Å². The number of nitrogens with one attached hydrogen (secondary N) is 2. The largest absolute Gasteiger partial charge is 0.335 e. The number of imidazole rings is 1. The van der Waals surface area contributed by atoms with E-state index in [0.29, 0.717) is 6.54 Å². The van der Waals surface area contributed by atoms with Gasteiger partial charge in [0.2, 0.25) is 0 Å². The van der Waals surface area contributed by atoms with Gasteiger partial charge in [-0.3, -0.25) is 0 Å². The van der Waals surface area contributed by atoms with Crippen LogP contribution in [0, 0.1) is 0 Å². The lowest BCUT2D eigenvalue weighted by atomic mass is 9.92. The minimum Gasteiger partial charge on any atom is -0.335 e. The Morgan fingerprint density at radius 3 is 2.50 bits per heavy atom. The molecule has 18 heavy (non-hydrogen) atoms. The average Bonchev–Trinajstić information content (AvgIpc) is 2.79. The van der Waals surface area contributed by atoms with Crippen molar-refractivity contribution in [2.24, 2.45) is 5.73 Å². The van der Waals surface area contributed by atoms with Gasteiger partial charge >= 0.3 is 0 Å². The van der Waals surface area contributed by atoms with Crippen molar-refractivity contribution in [3.05, 3.63) is 12.5 Å². The second-order valence-corrected chi connectivity index (χ2v) is 6.57. The molecule has 1 aliphatic carbocycles. The number of nitrogens with two attached hydrogens (primary N) is 1. The van der Waals surface area contributed by atoms with Gasteiger partial charge in [-0.15, -0.1) is 0 Å². The minimum absolute atomic E-state index is 0.0968. The van der Waals surface area contributed by atoms with E-state index >= 15 is 0 Å². The summed E-state index contributed by atoms with van der Waals surface area (Å²) in [5.74, 6) is 0. The normalized spacial score (nSPS) is 20.5. The van der Waals surface area contributed by atoms with Gasteiger partial charge in [-0.1, -0.05) is 25.7 Å². The highest BCUT2D eigenvalue weighted by Gasteiger charge is 2.34. The lowest BCUT2D eigenvalue weighted by molar-refractivity contribution is 0.342. The van der Waals surface area contributed by atoms with E-state index < -0.39 is 15.6 Å². The maximum absolute atomic E-state index is 12.2. The first-order valence-electron chi connectivity index (χ1n) is 6.30. The van der Waals surface area contributed by atoms with Crippen molar-refractivity contribution in [1.29, 1.82) is 0 Å². The minimum atomic E-state index is -3.55. The Kier molecular flexibility index (Phi) is 4.04. The number of hydrogen-bond acceptors (Lipinski definition) is 4. The molecule has 102 valence electrons. The van der Waals surface area contributed by atoms with Gasteiger partial charge in [0.1, 0.15) is 0 Å². The smallest absolute Gasteiger partial charge is 0.258 e. The van der Waals surface area contributed by atoms with Gasteiger partial charge in [-0.05, 0) is 12.8 Å². The van der Waals surface area contributed by atoms with Crippen LogP contribution in [0.4, 0.5) is 0 Å². The Morgan fingerprint density at radius 2 is 2.00 bits per heavy atom. The van der Waals surface area contributed by atoms with Gasteiger partial charge in [0.05, 0.1) is 12.5 Å². The number of aromatic amines is 1. The van der Waals surface area contributed by atoms with Crippen LogP contribution >= 0.6 is 0 Å². The molecule has 6 nitrogen and oxygen atoms in total. The van der Waals surface area contributed by atoms with Gasteiger partial charge in [0.25, 0.3) is 10.0 Å². The van der Waals surface area contributed by atoms with Crippen LogP contribution < -0.4 is 10.5 Å². The van der Waals surface area contributed by atoms with E-state index in [1.165, 1.54) is 12.5 Å². The van der Waals surface area contributed by atoms with Crippen LogP contribution in [0.2, 0.25) is 0 Å². The summed E-state index contributed by atoms with van der Waals surface area (Å²) in [4.78, 5) is 6.36. The fourth-order valence-electron chi connectivity index (χ4n) is 2.48. The van der Waals surface area contributed by atoms with Gasteiger partial charge in [0.15, 0.2) is 5.03 Å². The van der Waals surface area contributed by atoms with Crippen molar-refractivity contribution in [2.45, 2.75) is 49.1 Å². The average molecular weight is 272 g/mol. The first-order valence-corrected chi connectivity index (χ1v) is 7.79. The standard InChI is InChI=1S/C11H20N4O2S/c12-8-11(5-3-1-2-4-6-11)15-18(16,17)10-7-13-9-14-10/h7,9,15H,1-6,8,12H2,(H,13,14). The monoisotopic (exact) mass is 272 g/mol. The van der Waals surface area contributed by atoms with Crippen LogP contribution in [0.1, 0.15) is 38.5 Å². The topological polar surface area (TPSA) is 101 Å². The van der Waals surface area contributed by atoms with Gasteiger partial charge < -0.3 is 10.7 Å². The maximum Gasteiger partial charge on any atom is 0.258 e. The fourth-order valence-corrected chi connectivity index (χ4v) is 3.86. The van der Waals surface area contributed by atoms with Crippen molar-refractivity contribution >= 4 is 10.0 Å². The number of nitrogens with zero attached hydrogens (tertiary/aromatic N) is 1. The summed E-state index contributed by atoms with van der Waals surface area (Å²) in [6.45, 7) is 0.334. The molecule has 0 aromatic carbocycles. The zero-order chi connectivity index (χ0) is 13.1. The third-order valence-corrected chi connectivity index (χ3v) is 5.07. The van der Waals surface area contributed by atoms with Gasteiger partial charge in [-0.25, -0.2) is 18.1 Å². The molecule has 0 atom stereocenters. The zero-order valence-corrected chi connectivity index (χ0v) is 11.2. The molecule has 0 amide bonds. The first kappa shape index (κ1) is 13.5. The molecular weight excluding hydrogens is 252 g/mol. The highest BCUT2D eigenvalue weighted by molar-refractivity contribution is 7.89. The van der Waals surface area contributed by atoms with E-state index in [9.17, 15) is 8.42 Å². The Morgan fingerprint density at radius 1 is 1.33 bits per heavy atom. The molecule has 1 aromatic rings. The van der Waals surface area contributed by atoms with Crippen molar-refractivity contribution in [3.63, 3.8) is 0 Å². The lowest BCUT2D eigenvalue weighted by Gasteiger charge is -2.31. The predicted octanol–water partition coefficient (Wildman–Crippen LogP) is 0.740. The number of rotatable bonds is 4. The molecule has 0 radical (unpaired) electrons.